The lowest BCUT2D eigenvalue weighted by atomic mass is 9.94. The number of benzene rings is 2. The second-order valence-corrected chi connectivity index (χ2v) is 6.20. The highest BCUT2D eigenvalue weighted by Crippen LogP contribution is 2.29. The summed E-state index contributed by atoms with van der Waals surface area (Å²) < 4.78 is 0. The summed E-state index contributed by atoms with van der Waals surface area (Å²) in [4.78, 5) is 49.0. The van der Waals surface area contributed by atoms with Crippen LogP contribution in [-0.4, -0.2) is 46.3 Å². The summed E-state index contributed by atoms with van der Waals surface area (Å²) in [5.41, 5.74) is 0.948. The first kappa shape index (κ1) is 17.6. The average molecular weight is 354 g/mol. The molecule has 134 valence electrons. The van der Waals surface area contributed by atoms with Crippen LogP contribution in [0.1, 0.15) is 40.5 Å². The highest BCUT2D eigenvalue weighted by atomic mass is 16.4. The van der Waals surface area contributed by atoms with Gasteiger partial charge in [0.05, 0.1) is 0 Å². The Balaban J connectivity index is 1.71. The van der Waals surface area contributed by atoms with Gasteiger partial charge in [-0.2, -0.15) is 0 Å². The van der Waals surface area contributed by atoms with E-state index in [1.807, 2.05) is 12.1 Å². The standard InChI is InChI=1S/C19H18N2O5/c1-11(19(25)26)20-15(22)9-4-10-21-17(23)13-7-2-5-12-6-3-8-14(16(12)13)18(21)24/h2-3,5-8,11H,4,9-10H2,1H3,(H,20,22)(H,25,26). The minimum absolute atomic E-state index is 0.0283. The van der Waals surface area contributed by atoms with E-state index in [1.54, 1.807) is 24.3 Å². The van der Waals surface area contributed by atoms with Crippen molar-refractivity contribution >= 4 is 34.5 Å². The monoisotopic (exact) mass is 354 g/mol. The molecule has 2 N–H and O–H groups in total. The third-order valence-corrected chi connectivity index (χ3v) is 4.39. The predicted octanol–water partition coefficient (Wildman–Crippen LogP) is 1.81. The van der Waals surface area contributed by atoms with Crippen molar-refractivity contribution in [3.05, 3.63) is 47.5 Å². The van der Waals surface area contributed by atoms with Crippen molar-refractivity contribution in [1.82, 2.24) is 10.2 Å². The van der Waals surface area contributed by atoms with Crippen LogP contribution in [0.2, 0.25) is 0 Å². The number of imide groups is 1. The fourth-order valence-corrected chi connectivity index (χ4v) is 3.06. The van der Waals surface area contributed by atoms with E-state index in [4.69, 9.17) is 5.11 Å². The Morgan fingerprint density at radius 2 is 1.65 bits per heavy atom. The SMILES string of the molecule is CC(NC(=O)CCCN1C(=O)c2cccc3cccc(c23)C1=O)C(=O)O. The maximum absolute atomic E-state index is 12.7. The van der Waals surface area contributed by atoms with Crippen LogP contribution >= 0.6 is 0 Å². The number of aliphatic carboxylic acids is 1. The lowest BCUT2D eigenvalue weighted by Gasteiger charge is -2.27. The van der Waals surface area contributed by atoms with Crippen LogP contribution in [0.15, 0.2) is 36.4 Å². The van der Waals surface area contributed by atoms with Crippen molar-refractivity contribution in [2.75, 3.05) is 6.54 Å². The van der Waals surface area contributed by atoms with Gasteiger partial charge in [0.1, 0.15) is 6.04 Å². The van der Waals surface area contributed by atoms with E-state index in [0.29, 0.717) is 16.5 Å². The van der Waals surface area contributed by atoms with Crippen LogP contribution in [-0.2, 0) is 9.59 Å². The third kappa shape index (κ3) is 3.15. The molecule has 0 bridgehead atoms. The topological polar surface area (TPSA) is 104 Å². The van der Waals surface area contributed by atoms with Crippen molar-refractivity contribution < 1.29 is 24.3 Å². The minimum atomic E-state index is -1.12. The molecule has 2 aromatic rings. The smallest absolute Gasteiger partial charge is 0.325 e. The van der Waals surface area contributed by atoms with Crippen molar-refractivity contribution in [1.29, 1.82) is 0 Å². The van der Waals surface area contributed by atoms with Crippen LogP contribution in [0.4, 0.5) is 0 Å². The lowest BCUT2D eigenvalue weighted by Crippen LogP contribution is -2.42. The van der Waals surface area contributed by atoms with Gasteiger partial charge in [-0.25, -0.2) is 0 Å². The molecule has 1 unspecified atom stereocenters. The van der Waals surface area contributed by atoms with E-state index in [0.717, 1.165) is 10.3 Å². The number of hydrogen-bond donors (Lipinski definition) is 2. The normalized spacial score (nSPS) is 14.4. The summed E-state index contributed by atoms with van der Waals surface area (Å²) in [6.45, 7) is 1.47. The summed E-state index contributed by atoms with van der Waals surface area (Å²) in [7, 11) is 0. The van der Waals surface area contributed by atoms with Crippen molar-refractivity contribution in [2.45, 2.75) is 25.8 Å². The van der Waals surface area contributed by atoms with Gasteiger partial charge in [0, 0.05) is 29.5 Å². The molecule has 0 saturated heterocycles. The van der Waals surface area contributed by atoms with Crippen molar-refractivity contribution in [2.24, 2.45) is 0 Å². The zero-order chi connectivity index (χ0) is 18.8. The fraction of sp³-hybridized carbons (Fsp3) is 0.263. The van der Waals surface area contributed by atoms with E-state index in [1.165, 1.54) is 6.92 Å². The van der Waals surface area contributed by atoms with E-state index in [9.17, 15) is 19.2 Å². The number of nitrogens with one attached hydrogen (secondary N) is 1. The molecule has 3 amide bonds. The highest BCUT2D eigenvalue weighted by Gasteiger charge is 2.32. The molecule has 3 rings (SSSR count). The lowest BCUT2D eigenvalue weighted by molar-refractivity contribution is -0.141. The van der Waals surface area contributed by atoms with E-state index in [2.05, 4.69) is 5.32 Å². The first-order valence-electron chi connectivity index (χ1n) is 8.30. The molecule has 1 aliphatic heterocycles. The van der Waals surface area contributed by atoms with Crippen molar-refractivity contribution in [3.8, 4) is 0 Å². The minimum Gasteiger partial charge on any atom is -0.480 e. The molecule has 1 heterocycles. The number of carboxylic acid groups (broad SMARTS) is 1. The maximum atomic E-state index is 12.7. The van der Waals surface area contributed by atoms with Gasteiger partial charge in [-0.3, -0.25) is 24.1 Å². The van der Waals surface area contributed by atoms with Gasteiger partial charge < -0.3 is 10.4 Å². The van der Waals surface area contributed by atoms with Gasteiger partial charge in [0.2, 0.25) is 5.91 Å². The summed E-state index contributed by atoms with van der Waals surface area (Å²) in [6.07, 6.45) is 0.286. The molecule has 7 heteroatoms. The zero-order valence-corrected chi connectivity index (χ0v) is 14.2. The van der Waals surface area contributed by atoms with Crippen LogP contribution < -0.4 is 5.32 Å². The van der Waals surface area contributed by atoms with Crippen LogP contribution in [0.25, 0.3) is 10.8 Å². The quantitative estimate of drug-likeness (QED) is 0.770. The van der Waals surface area contributed by atoms with Crippen molar-refractivity contribution in [3.63, 3.8) is 0 Å². The van der Waals surface area contributed by atoms with E-state index in [-0.39, 0.29) is 31.2 Å². The highest BCUT2D eigenvalue weighted by molar-refractivity contribution is 6.25. The number of nitrogens with zero attached hydrogens (tertiary/aromatic N) is 1. The molecule has 0 aliphatic carbocycles. The van der Waals surface area contributed by atoms with Gasteiger partial charge in [-0.05, 0) is 30.9 Å². The summed E-state index contributed by atoms with van der Waals surface area (Å²) in [5.74, 6) is -2.30. The number of carbonyl (C=O) groups excluding carboxylic acids is 3. The summed E-state index contributed by atoms with van der Waals surface area (Å²) in [6, 6.07) is 9.65. The van der Waals surface area contributed by atoms with Gasteiger partial charge >= 0.3 is 5.97 Å². The molecule has 2 aromatic carbocycles. The number of carboxylic acids is 1. The summed E-state index contributed by atoms with van der Waals surface area (Å²) in [5, 5.41) is 12.6. The van der Waals surface area contributed by atoms with Crippen LogP contribution in [0, 0.1) is 0 Å². The largest absolute Gasteiger partial charge is 0.480 e. The number of carbonyl (C=O) groups is 4. The molecular formula is C19H18N2O5. The molecule has 0 aromatic heterocycles. The molecule has 0 spiro atoms. The Hall–Kier alpha value is -3.22. The Labute approximate surface area is 149 Å². The number of amides is 3. The van der Waals surface area contributed by atoms with E-state index >= 15 is 0 Å². The predicted molar refractivity (Wildman–Crippen MR) is 93.8 cm³/mol. The Morgan fingerprint density at radius 1 is 1.08 bits per heavy atom. The molecule has 26 heavy (non-hydrogen) atoms. The number of rotatable bonds is 6. The third-order valence-electron chi connectivity index (χ3n) is 4.39. The molecule has 7 nitrogen and oxygen atoms in total. The first-order chi connectivity index (χ1) is 12.4. The van der Waals surface area contributed by atoms with Crippen LogP contribution in [0.5, 0.6) is 0 Å². The molecular weight excluding hydrogens is 336 g/mol. The molecule has 1 atom stereocenters. The summed E-state index contributed by atoms with van der Waals surface area (Å²) >= 11 is 0. The fourth-order valence-electron chi connectivity index (χ4n) is 3.06. The zero-order valence-electron chi connectivity index (χ0n) is 14.2. The average Bonchev–Trinajstić information content (AvgIpc) is 2.62. The molecule has 0 radical (unpaired) electrons. The number of hydrogen-bond acceptors (Lipinski definition) is 4. The van der Waals surface area contributed by atoms with Crippen LogP contribution in [0.3, 0.4) is 0 Å². The molecule has 0 fully saturated rings. The molecule has 0 saturated carbocycles. The Kier molecular flexibility index (Phi) is 4.71. The maximum Gasteiger partial charge on any atom is 0.325 e. The Bertz CT molecular complexity index is 871. The van der Waals surface area contributed by atoms with Gasteiger partial charge in [-0.1, -0.05) is 24.3 Å². The van der Waals surface area contributed by atoms with Gasteiger partial charge in [0.15, 0.2) is 0 Å². The first-order valence-corrected chi connectivity index (χ1v) is 8.30. The van der Waals surface area contributed by atoms with Gasteiger partial charge in [0.25, 0.3) is 11.8 Å². The Morgan fingerprint density at radius 3 is 2.19 bits per heavy atom. The van der Waals surface area contributed by atoms with E-state index < -0.39 is 17.9 Å². The van der Waals surface area contributed by atoms with Gasteiger partial charge in [-0.15, -0.1) is 0 Å². The second kappa shape index (κ2) is 6.95. The second-order valence-electron chi connectivity index (χ2n) is 6.20. The molecule has 1 aliphatic rings.